The molecule has 0 aliphatic carbocycles. The van der Waals surface area contributed by atoms with Crippen molar-refractivity contribution in [3.05, 3.63) is 60.2 Å². The van der Waals surface area contributed by atoms with Gasteiger partial charge in [-0.3, -0.25) is 4.79 Å². The van der Waals surface area contributed by atoms with E-state index in [0.717, 1.165) is 17.0 Å². The smallest absolute Gasteiger partial charge is 0.228 e. The van der Waals surface area contributed by atoms with Crippen LogP contribution in [0.4, 0.5) is 5.69 Å². The lowest BCUT2D eigenvalue weighted by Gasteiger charge is -2.16. The molecule has 2 aromatic carbocycles. The van der Waals surface area contributed by atoms with Gasteiger partial charge < -0.3 is 15.4 Å². The predicted octanol–water partition coefficient (Wildman–Crippen LogP) is 2.75. The van der Waals surface area contributed by atoms with E-state index >= 15 is 0 Å². The molecular weight excluding hydrogens is 300 g/mol. The molecule has 1 atom stereocenters. The molecule has 1 amide bonds. The summed E-state index contributed by atoms with van der Waals surface area (Å²) in [6.07, 6.45) is 0.423. The summed E-state index contributed by atoms with van der Waals surface area (Å²) < 4.78 is 5.73. The van der Waals surface area contributed by atoms with Crippen molar-refractivity contribution in [3.63, 3.8) is 0 Å². The van der Waals surface area contributed by atoms with Crippen LogP contribution in [0.2, 0.25) is 0 Å². The standard InChI is InChI=1S/C17H18N2O2.ClH/c18-14-10-17(20)19(11-14)15-6-8-16(9-7-15)21-12-13-4-2-1-3-5-13;/h1-9,14H,10-12,18H2;1H. The van der Waals surface area contributed by atoms with Gasteiger partial charge in [-0.05, 0) is 29.8 Å². The third-order valence-electron chi connectivity index (χ3n) is 3.55. The maximum atomic E-state index is 11.8. The Balaban J connectivity index is 0.00000176. The maximum Gasteiger partial charge on any atom is 0.228 e. The topological polar surface area (TPSA) is 55.6 Å². The highest BCUT2D eigenvalue weighted by Crippen LogP contribution is 2.24. The molecule has 1 unspecified atom stereocenters. The van der Waals surface area contributed by atoms with Gasteiger partial charge in [0, 0.05) is 24.7 Å². The Labute approximate surface area is 136 Å². The number of halogens is 1. The lowest BCUT2D eigenvalue weighted by Crippen LogP contribution is -2.27. The van der Waals surface area contributed by atoms with Crippen LogP contribution in [0.1, 0.15) is 12.0 Å². The molecular formula is C17H19ClN2O2. The minimum absolute atomic E-state index is 0. The number of carbonyl (C=O) groups excluding carboxylic acids is 1. The maximum absolute atomic E-state index is 11.8. The molecule has 3 rings (SSSR count). The molecule has 0 spiro atoms. The van der Waals surface area contributed by atoms with Crippen molar-refractivity contribution in [2.45, 2.75) is 19.1 Å². The molecule has 116 valence electrons. The van der Waals surface area contributed by atoms with E-state index in [1.807, 2.05) is 54.6 Å². The summed E-state index contributed by atoms with van der Waals surface area (Å²) in [5, 5.41) is 0. The minimum Gasteiger partial charge on any atom is -0.489 e. The summed E-state index contributed by atoms with van der Waals surface area (Å²) in [6.45, 7) is 1.12. The zero-order valence-corrected chi connectivity index (χ0v) is 13.0. The second-order valence-electron chi connectivity index (χ2n) is 5.24. The zero-order chi connectivity index (χ0) is 14.7. The highest BCUT2D eigenvalue weighted by molar-refractivity contribution is 5.96. The third kappa shape index (κ3) is 3.78. The van der Waals surface area contributed by atoms with Crippen LogP contribution in [0, 0.1) is 0 Å². The van der Waals surface area contributed by atoms with Crippen molar-refractivity contribution in [1.82, 2.24) is 0 Å². The highest BCUT2D eigenvalue weighted by atomic mass is 35.5. The first-order valence-electron chi connectivity index (χ1n) is 7.05. The number of benzene rings is 2. The highest BCUT2D eigenvalue weighted by Gasteiger charge is 2.27. The fraction of sp³-hybridized carbons (Fsp3) is 0.235. The van der Waals surface area contributed by atoms with Crippen LogP contribution in [-0.4, -0.2) is 18.5 Å². The van der Waals surface area contributed by atoms with E-state index < -0.39 is 0 Å². The molecule has 0 saturated carbocycles. The first-order chi connectivity index (χ1) is 10.2. The molecule has 22 heavy (non-hydrogen) atoms. The molecule has 5 heteroatoms. The van der Waals surface area contributed by atoms with E-state index in [1.165, 1.54) is 0 Å². The SMILES string of the molecule is Cl.NC1CC(=O)N(c2ccc(OCc3ccccc3)cc2)C1. The Hall–Kier alpha value is -2.04. The Kier molecular flexibility index (Phi) is 5.41. The molecule has 2 N–H and O–H groups in total. The number of anilines is 1. The largest absolute Gasteiger partial charge is 0.489 e. The van der Waals surface area contributed by atoms with Gasteiger partial charge in [0.1, 0.15) is 12.4 Å². The van der Waals surface area contributed by atoms with Gasteiger partial charge in [0.15, 0.2) is 0 Å². The summed E-state index contributed by atoms with van der Waals surface area (Å²) in [5.74, 6) is 0.874. The monoisotopic (exact) mass is 318 g/mol. The summed E-state index contributed by atoms with van der Waals surface area (Å²) in [4.78, 5) is 13.5. The van der Waals surface area contributed by atoms with Crippen molar-refractivity contribution in [2.24, 2.45) is 5.73 Å². The normalized spacial score (nSPS) is 17.2. The first kappa shape index (κ1) is 16.3. The summed E-state index contributed by atoms with van der Waals surface area (Å²) in [5.41, 5.74) is 7.81. The average Bonchev–Trinajstić information content (AvgIpc) is 2.85. The zero-order valence-electron chi connectivity index (χ0n) is 12.1. The van der Waals surface area contributed by atoms with E-state index in [-0.39, 0.29) is 24.4 Å². The second kappa shape index (κ2) is 7.29. The number of hydrogen-bond acceptors (Lipinski definition) is 3. The molecule has 0 radical (unpaired) electrons. The van der Waals surface area contributed by atoms with Crippen molar-refractivity contribution in [3.8, 4) is 5.75 Å². The quantitative estimate of drug-likeness (QED) is 0.943. The molecule has 1 heterocycles. The minimum atomic E-state index is -0.0634. The van der Waals surface area contributed by atoms with Crippen LogP contribution in [0.15, 0.2) is 54.6 Å². The van der Waals surface area contributed by atoms with Crippen molar-refractivity contribution in [2.75, 3.05) is 11.4 Å². The Bertz CT molecular complexity index is 616. The van der Waals surface area contributed by atoms with Crippen LogP contribution >= 0.6 is 12.4 Å². The van der Waals surface area contributed by atoms with E-state index in [0.29, 0.717) is 19.6 Å². The van der Waals surface area contributed by atoms with E-state index in [9.17, 15) is 4.79 Å². The third-order valence-corrected chi connectivity index (χ3v) is 3.55. The van der Waals surface area contributed by atoms with E-state index in [4.69, 9.17) is 10.5 Å². The Morgan fingerprint density at radius 3 is 2.36 bits per heavy atom. The summed E-state index contributed by atoms with van der Waals surface area (Å²) >= 11 is 0. The van der Waals surface area contributed by atoms with Crippen LogP contribution in [-0.2, 0) is 11.4 Å². The van der Waals surface area contributed by atoms with Crippen LogP contribution in [0.3, 0.4) is 0 Å². The fourth-order valence-corrected chi connectivity index (χ4v) is 2.45. The number of hydrogen-bond donors (Lipinski definition) is 1. The van der Waals surface area contributed by atoms with Crippen molar-refractivity contribution >= 4 is 24.0 Å². The van der Waals surface area contributed by atoms with Gasteiger partial charge in [-0.1, -0.05) is 30.3 Å². The number of carbonyl (C=O) groups is 1. The molecule has 0 aromatic heterocycles. The first-order valence-corrected chi connectivity index (χ1v) is 7.05. The van der Waals surface area contributed by atoms with Crippen LogP contribution < -0.4 is 15.4 Å². The lowest BCUT2D eigenvalue weighted by molar-refractivity contribution is -0.117. The molecule has 1 fully saturated rings. The van der Waals surface area contributed by atoms with Gasteiger partial charge >= 0.3 is 0 Å². The fourth-order valence-electron chi connectivity index (χ4n) is 2.45. The Morgan fingerprint density at radius 2 is 1.77 bits per heavy atom. The molecule has 4 nitrogen and oxygen atoms in total. The number of ether oxygens (including phenoxy) is 1. The lowest BCUT2D eigenvalue weighted by atomic mass is 10.2. The van der Waals surface area contributed by atoms with Gasteiger partial charge in [0.05, 0.1) is 0 Å². The van der Waals surface area contributed by atoms with Gasteiger partial charge in [-0.2, -0.15) is 0 Å². The van der Waals surface area contributed by atoms with Crippen LogP contribution in [0.5, 0.6) is 5.75 Å². The summed E-state index contributed by atoms with van der Waals surface area (Å²) in [7, 11) is 0. The average molecular weight is 319 g/mol. The van der Waals surface area contributed by atoms with Gasteiger partial charge in [-0.15, -0.1) is 12.4 Å². The molecule has 1 saturated heterocycles. The Morgan fingerprint density at radius 1 is 1.09 bits per heavy atom. The van der Waals surface area contributed by atoms with E-state index in [1.54, 1.807) is 4.90 Å². The molecule has 0 bridgehead atoms. The number of nitrogens with two attached hydrogens (primary N) is 1. The van der Waals surface area contributed by atoms with Gasteiger partial charge in [-0.25, -0.2) is 0 Å². The molecule has 1 aliphatic heterocycles. The van der Waals surface area contributed by atoms with Gasteiger partial charge in [0.25, 0.3) is 0 Å². The van der Waals surface area contributed by atoms with Gasteiger partial charge in [0.2, 0.25) is 5.91 Å². The second-order valence-corrected chi connectivity index (χ2v) is 5.24. The molecule has 2 aromatic rings. The predicted molar refractivity (Wildman–Crippen MR) is 89.4 cm³/mol. The molecule has 1 aliphatic rings. The van der Waals surface area contributed by atoms with Crippen molar-refractivity contribution < 1.29 is 9.53 Å². The van der Waals surface area contributed by atoms with E-state index in [2.05, 4.69) is 0 Å². The number of amides is 1. The van der Waals surface area contributed by atoms with Crippen LogP contribution in [0.25, 0.3) is 0 Å². The number of rotatable bonds is 4. The number of nitrogens with zero attached hydrogens (tertiary/aromatic N) is 1. The van der Waals surface area contributed by atoms with Crippen molar-refractivity contribution in [1.29, 1.82) is 0 Å². The summed E-state index contributed by atoms with van der Waals surface area (Å²) in [6, 6.07) is 17.5.